The van der Waals surface area contributed by atoms with E-state index in [1.54, 1.807) is 43.6 Å². The molecule has 0 spiro atoms. The molecule has 0 amide bonds. The molecule has 0 saturated carbocycles. The number of hydrogen-bond acceptors (Lipinski definition) is 9. The molecular weight excluding hydrogens is 504 g/mol. The van der Waals surface area contributed by atoms with Crippen molar-refractivity contribution in [2.24, 2.45) is 4.36 Å². The Morgan fingerprint density at radius 3 is 2.32 bits per heavy atom. The van der Waals surface area contributed by atoms with E-state index in [1.807, 2.05) is 61.5 Å². The van der Waals surface area contributed by atoms with Gasteiger partial charge in [-0.25, -0.2) is 13.6 Å². The van der Waals surface area contributed by atoms with Crippen LogP contribution in [0.5, 0.6) is 0 Å². The molecule has 37 heavy (non-hydrogen) atoms. The third kappa shape index (κ3) is 7.00. The first-order valence-corrected chi connectivity index (χ1v) is 14.4. The molecule has 4 aromatic rings. The van der Waals surface area contributed by atoms with Gasteiger partial charge in [0.25, 0.3) is 0 Å². The number of aliphatic hydroxyl groups is 1. The van der Waals surface area contributed by atoms with Gasteiger partial charge < -0.3 is 20.5 Å². The minimum Gasteiger partial charge on any atom is -0.394 e. The maximum Gasteiger partial charge on any atom is 0.229 e. The lowest BCUT2D eigenvalue weighted by Crippen LogP contribution is -2.21. The maximum absolute atomic E-state index is 12.5. The molecule has 0 aliphatic rings. The van der Waals surface area contributed by atoms with Crippen molar-refractivity contribution in [1.82, 2.24) is 9.97 Å². The van der Waals surface area contributed by atoms with E-state index in [4.69, 9.17) is 0 Å². The highest BCUT2D eigenvalue weighted by Gasteiger charge is 2.13. The standard InChI is InChI=1S/C27H30N6O2S2/c1-19(18-34)30-26-25(20-9-11-22(12-10-20)33-36-23-7-5-4-6-8-23)17-29-27(32-26)31-21-13-15-24(16-14-21)37(3,35)28-2/h4-17,19,33-34H,18H2,1-3H3,(H2,29,30,31,32)/t19-,37?/m1/s1. The zero-order valence-corrected chi connectivity index (χ0v) is 22.5. The number of nitrogens with one attached hydrogen (secondary N) is 3. The summed E-state index contributed by atoms with van der Waals surface area (Å²) in [7, 11) is -0.837. The minimum absolute atomic E-state index is 0.0357. The fraction of sp³-hybridized carbons (Fsp3) is 0.185. The van der Waals surface area contributed by atoms with E-state index in [0.29, 0.717) is 16.7 Å². The van der Waals surface area contributed by atoms with Crippen LogP contribution in [0.15, 0.2) is 99.2 Å². The molecule has 0 fully saturated rings. The lowest BCUT2D eigenvalue weighted by Gasteiger charge is -2.17. The van der Waals surface area contributed by atoms with Crippen LogP contribution in [0.3, 0.4) is 0 Å². The van der Waals surface area contributed by atoms with Crippen molar-refractivity contribution in [2.45, 2.75) is 22.8 Å². The summed E-state index contributed by atoms with van der Waals surface area (Å²) < 4.78 is 19.8. The van der Waals surface area contributed by atoms with Gasteiger partial charge in [0.1, 0.15) is 5.82 Å². The fourth-order valence-electron chi connectivity index (χ4n) is 3.39. The van der Waals surface area contributed by atoms with Gasteiger partial charge in [-0.3, -0.25) is 0 Å². The van der Waals surface area contributed by atoms with Gasteiger partial charge in [0.05, 0.1) is 16.3 Å². The third-order valence-corrected chi connectivity index (χ3v) is 8.26. The van der Waals surface area contributed by atoms with Gasteiger partial charge >= 0.3 is 0 Å². The zero-order chi connectivity index (χ0) is 26.3. The Morgan fingerprint density at radius 1 is 1.00 bits per heavy atom. The van der Waals surface area contributed by atoms with Gasteiger partial charge in [0.2, 0.25) is 5.95 Å². The molecule has 0 aliphatic carbocycles. The molecule has 0 aliphatic heterocycles. The van der Waals surface area contributed by atoms with Gasteiger partial charge in [-0.1, -0.05) is 30.3 Å². The Hall–Kier alpha value is -3.60. The van der Waals surface area contributed by atoms with E-state index < -0.39 is 9.73 Å². The number of nitrogens with zero attached hydrogens (tertiary/aromatic N) is 3. The Balaban J connectivity index is 1.54. The van der Waals surface area contributed by atoms with Gasteiger partial charge in [-0.15, -0.1) is 0 Å². The second-order valence-electron chi connectivity index (χ2n) is 8.41. The van der Waals surface area contributed by atoms with E-state index in [9.17, 15) is 9.32 Å². The van der Waals surface area contributed by atoms with Crippen molar-refractivity contribution >= 4 is 44.8 Å². The summed E-state index contributed by atoms with van der Waals surface area (Å²) >= 11 is 1.55. The first kappa shape index (κ1) is 26.5. The average Bonchev–Trinajstić information content (AvgIpc) is 2.93. The summed E-state index contributed by atoms with van der Waals surface area (Å²) in [5.41, 5.74) is 3.50. The van der Waals surface area contributed by atoms with Crippen molar-refractivity contribution in [3.05, 3.63) is 85.1 Å². The monoisotopic (exact) mass is 534 g/mol. The molecular formula is C27H30N6O2S2. The molecule has 0 saturated heterocycles. The highest BCUT2D eigenvalue weighted by atomic mass is 32.2. The first-order chi connectivity index (χ1) is 17.9. The second kappa shape index (κ2) is 12.1. The predicted molar refractivity (Wildman–Crippen MR) is 154 cm³/mol. The normalized spacial score (nSPS) is 13.3. The van der Waals surface area contributed by atoms with Crippen LogP contribution < -0.4 is 15.4 Å². The summed E-state index contributed by atoms with van der Waals surface area (Å²) in [6.07, 6.45) is 3.37. The Bertz CT molecular complexity index is 1440. The molecule has 3 aromatic carbocycles. The smallest absolute Gasteiger partial charge is 0.229 e. The molecule has 192 valence electrons. The maximum atomic E-state index is 12.5. The Morgan fingerprint density at radius 2 is 1.68 bits per heavy atom. The van der Waals surface area contributed by atoms with Crippen LogP contribution in [0.2, 0.25) is 0 Å². The number of aliphatic hydroxyl groups excluding tert-OH is 1. The third-order valence-electron chi connectivity index (χ3n) is 5.57. The van der Waals surface area contributed by atoms with E-state index >= 15 is 0 Å². The van der Waals surface area contributed by atoms with Crippen molar-refractivity contribution < 1.29 is 9.32 Å². The van der Waals surface area contributed by atoms with Crippen LogP contribution in [0.25, 0.3) is 11.1 Å². The van der Waals surface area contributed by atoms with E-state index in [2.05, 4.69) is 41.8 Å². The number of aromatic nitrogens is 2. The largest absolute Gasteiger partial charge is 0.394 e. The van der Waals surface area contributed by atoms with E-state index in [0.717, 1.165) is 27.4 Å². The van der Waals surface area contributed by atoms with Gasteiger partial charge in [0, 0.05) is 52.3 Å². The summed E-state index contributed by atoms with van der Waals surface area (Å²) in [5, 5.41) is 16.1. The number of anilines is 4. The molecule has 1 aromatic heterocycles. The number of rotatable bonds is 10. The van der Waals surface area contributed by atoms with Crippen LogP contribution in [-0.4, -0.2) is 45.2 Å². The summed E-state index contributed by atoms with van der Waals surface area (Å²) in [6.45, 7) is 1.85. The second-order valence-corrected chi connectivity index (χ2v) is 11.7. The predicted octanol–water partition coefficient (Wildman–Crippen LogP) is 5.89. The first-order valence-electron chi connectivity index (χ1n) is 11.7. The SMILES string of the molecule is CN=S(C)(=O)c1ccc(Nc2ncc(-c3ccc(NSc4ccccc4)cc3)c(N[C@H](C)CO)n2)cc1. The van der Waals surface area contributed by atoms with Gasteiger partial charge in [0.15, 0.2) is 0 Å². The van der Waals surface area contributed by atoms with Crippen molar-refractivity contribution in [1.29, 1.82) is 0 Å². The molecule has 1 heterocycles. The zero-order valence-electron chi connectivity index (χ0n) is 20.9. The molecule has 4 rings (SSSR count). The Labute approximate surface area is 222 Å². The van der Waals surface area contributed by atoms with Crippen LogP contribution in [0, 0.1) is 0 Å². The van der Waals surface area contributed by atoms with Gasteiger partial charge in [-0.05, 0) is 73.0 Å². The molecule has 10 heteroatoms. The lowest BCUT2D eigenvalue weighted by atomic mass is 10.1. The summed E-state index contributed by atoms with van der Waals surface area (Å²) in [5.74, 6) is 1.01. The van der Waals surface area contributed by atoms with Crippen LogP contribution in [-0.2, 0) is 9.73 Å². The van der Waals surface area contributed by atoms with Crippen LogP contribution in [0.4, 0.5) is 23.1 Å². The minimum atomic E-state index is -2.39. The summed E-state index contributed by atoms with van der Waals surface area (Å²) in [6, 6.07) is 25.2. The fourth-order valence-corrected chi connectivity index (χ4v) is 4.91. The highest BCUT2D eigenvalue weighted by molar-refractivity contribution is 8.00. The topological polar surface area (TPSA) is 112 Å². The number of hydrogen-bond donors (Lipinski definition) is 4. The van der Waals surface area contributed by atoms with Crippen molar-refractivity contribution in [3.8, 4) is 11.1 Å². The highest BCUT2D eigenvalue weighted by Crippen LogP contribution is 2.30. The van der Waals surface area contributed by atoms with E-state index in [1.165, 1.54) is 0 Å². The molecule has 1 unspecified atom stereocenters. The van der Waals surface area contributed by atoms with Crippen molar-refractivity contribution in [2.75, 3.05) is 35.3 Å². The molecule has 8 nitrogen and oxygen atoms in total. The molecule has 0 radical (unpaired) electrons. The summed E-state index contributed by atoms with van der Waals surface area (Å²) in [4.78, 5) is 11.0. The number of benzene rings is 3. The average molecular weight is 535 g/mol. The van der Waals surface area contributed by atoms with Crippen LogP contribution >= 0.6 is 11.9 Å². The van der Waals surface area contributed by atoms with E-state index in [-0.39, 0.29) is 12.6 Å². The van der Waals surface area contributed by atoms with Gasteiger partial charge in [-0.2, -0.15) is 4.98 Å². The Kier molecular flexibility index (Phi) is 8.65. The molecule has 4 N–H and O–H groups in total. The quantitative estimate of drug-likeness (QED) is 0.187. The molecule has 2 atom stereocenters. The molecule has 0 bridgehead atoms. The van der Waals surface area contributed by atoms with Crippen LogP contribution in [0.1, 0.15) is 6.92 Å². The van der Waals surface area contributed by atoms with Crippen molar-refractivity contribution in [3.63, 3.8) is 0 Å². The lowest BCUT2D eigenvalue weighted by molar-refractivity contribution is 0.281.